The molecule has 0 aliphatic carbocycles. The molecule has 0 fully saturated rings. The molecule has 0 spiro atoms. The van der Waals surface area contributed by atoms with Crippen LogP contribution in [0.15, 0.2) is 52.8 Å². The van der Waals surface area contributed by atoms with Gasteiger partial charge in [-0.05, 0) is 30.3 Å². The number of hydrogen-bond acceptors (Lipinski definition) is 5. The van der Waals surface area contributed by atoms with E-state index in [-0.39, 0.29) is 5.57 Å². The summed E-state index contributed by atoms with van der Waals surface area (Å²) < 4.78 is 5.86. The Bertz CT molecular complexity index is 833. The minimum atomic E-state index is -0.568. The van der Waals surface area contributed by atoms with Crippen LogP contribution in [0.1, 0.15) is 0 Å². The largest absolute Gasteiger partial charge is 0.495 e. The summed E-state index contributed by atoms with van der Waals surface area (Å²) in [6, 6.07) is 10.1. The summed E-state index contributed by atoms with van der Waals surface area (Å²) in [5.41, 5.74) is 0.344. The number of methoxy groups -OCH3 is 1. The second kappa shape index (κ2) is 8.34. The van der Waals surface area contributed by atoms with Gasteiger partial charge in [0.2, 0.25) is 0 Å². The maximum atomic E-state index is 12.2. The quantitative estimate of drug-likeness (QED) is 0.578. The van der Waals surface area contributed by atoms with Crippen molar-refractivity contribution in [2.45, 2.75) is 0 Å². The minimum absolute atomic E-state index is 0.108. The highest BCUT2D eigenvalue weighted by Crippen LogP contribution is 2.27. The average molecular weight is 408 g/mol. The number of anilines is 2. The van der Waals surface area contributed by atoms with Crippen LogP contribution in [-0.4, -0.2) is 18.0 Å². The molecule has 0 unspecified atom stereocenters. The number of nitriles is 1. The number of carbonyl (C=O) groups excluding carboxylic acids is 1. The van der Waals surface area contributed by atoms with Gasteiger partial charge in [-0.3, -0.25) is 4.79 Å². The summed E-state index contributed by atoms with van der Waals surface area (Å²) in [7, 11) is 1.50. The van der Waals surface area contributed by atoms with Crippen molar-refractivity contribution < 1.29 is 9.53 Å². The molecule has 1 aromatic heterocycles. The van der Waals surface area contributed by atoms with E-state index in [4.69, 9.17) is 21.6 Å². The van der Waals surface area contributed by atoms with E-state index < -0.39 is 5.91 Å². The predicted octanol–water partition coefficient (Wildman–Crippen LogP) is 3.96. The van der Waals surface area contributed by atoms with Gasteiger partial charge in [-0.15, -0.1) is 0 Å². The average Bonchev–Trinajstić information content (AvgIpc) is 2.55. The van der Waals surface area contributed by atoms with Crippen molar-refractivity contribution >= 4 is 44.9 Å². The third-order valence-electron chi connectivity index (χ3n) is 2.86. The number of hydrogen-bond donors (Lipinski definition) is 2. The van der Waals surface area contributed by atoms with E-state index in [0.717, 1.165) is 4.47 Å². The summed E-state index contributed by atoms with van der Waals surface area (Å²) in [5.74, 6) is 0.423. The minimum Gasteiger partial charge on any atom is -0.495 e. The molecule has 0 bridgehead atoms. The molecule has 8 heteroatoms. The number of nitrogens with one attached hydrogen (secondary N) is 2. The van der Waals surface area contributed by atoms with E-state index in [0.29, 0.717) is 22.3 Å². The fourth-order valence-corrected chi connectivity index (χ4v) is 2.31. The molecule has 24 heavy (non-hydrogen) atoms. The normalized spacial score (nSPS) is 10.7. The lowest BCUT2D eigenvalue weighted by atomic mass is 10.2. The number of benzene rings is 1. The Morgan fingerprint density at radius 3 is 2.83 bits per heavy atom. The van der Waals surface area contributed by atoms with Crippen molar-refractivity contribution in [3.05, 3.63) is 57.8 Å². The molecule has 0 aliphatic rings. The number of ether oxygens (including phenoxy) is 1. The Morgan fingerprint density at radius 2 is 2.21 bits per heavy atom. The van der Waals surface area contributed by atoms with Crippen LogP contribution in [0.5, 0.6) is 5.75 Å². The molecule has 0 saturated carbocycles. The zero-order valence-corrected chi connectivity index (χ0v) is 14.9. The van der Waals surface area contributed by atoms with Gasteiger partial charge in [0.25, 0.3) is 5.91 Å². The van der Waals surface area contributed by atoms with E-state index in [1.54, 1.807) is 30.5 Å². The third-order valence-corrected chi connectivity index (χ3v) is 3.65. The van der Waals surface area contributed by atoms with Gasteiger partial charge >= 0.3 is 0 Å². The molecule has 0 radical (unpaired) electrons. The van der Waals surface area contributed by atoms with Gasteiger partial charge < -0.3 is 15.4 Å². The van der Waals surface area contributed by atoms with Gasteiger partial charge in [0.1, 0.15) is 23.2 Å². The SMILES string of the molecule is COc1ccc(NC(=O)/C(C#N)=C\Nc2cc(Br)ccn2)cc1Cl. The molecule has 0 atom stereocenters. The smallest absolute Gasteiger partial charge is 0.267 e. The maximum Gasteiger partial charge on any atom is 0.267 e. The second-order valence-electron chi connectivity index (χ2n) is 4.48. The van der Waals surface area contributed by atoms with Crippen LogP contribution >= 0.6 is 27.5 Å². The van der Waals surface area contributed by atoms with Crippen molar-refractivity contribution in [3.63, 3.8) is 0 Å². The van der Waals surface area contributed by atoms with E-state index in [1.165, 1.54) is 19.4 Å². The van der Waals surface area contributed by atoms with Crippen molar-refractivity contribution in [2.24, 2.45) is 0 Å². The first kappa shape index (κ1) is 17.8. The molecular formula is C16H12BrClN4O2. The Balaban J connectivity index is 2.10. The van der Waals surface area contributed by atoms with Crippen LogP contribution in [0.25, 0.3) is 0 Å². The molecule has 1 aromatic carbocycles. The molecule has 2 aromatic rings. The summed E-state index contributed by atoms with van der Waals surface area (Å²) in [4.78, 5) is 16.2. The zero-order valence-electron chi connectivity index (χ0n) is 12.5. The van der Waals surface area contributed by atoms with Gasteiger partial charge in [-0.2, -0.15) is 5.26 Å². The van der Waals surface area contributed by atoms with Gasteiger partial charge in [-0.25, -0.2) is 4.98 Å². The lowest BCUT2D eigenvalue weighted by Gasteiger charge is -2.08. The molecular weight excluding hydrogens is 396 g/mol. The highest BCUT2D eigenvalue weighted by Gasteiger charge is 2.11. The first-order chi connectivity index (χ1) is 11.5. The van der Waals surface area contributed by atoms with Crippen molar-refractivity contribution in [3.8, 4) is 11.8 Å². The van der Waals surface area contributed by atoms with E-state index in [2.05, 4.69) is 31.5 Å². The van der Waals surface area contributed by atoms with Crippen LogP contribution in [0.4, 0.5) is 11.5 Å². The maximum absolute atomic E-state index is 12.2. The summed E-state index contributed by atoms with van der Waals surface area (Å²) >= 11 is 9.31. The molecule has 1 amide bonds. The van der Waals surface area contributed by atoms with Crippen molar-refractivity contribution in [1.82, 2.24) is 4.98 Å². The van der Waals surface area contributed by atoms with Crippen LogP contribution in [0, 0.1) is 11.3 Å². The molecule has 0 saturated heterocycles. The summed E-state index contributed by atoms with van der Waals surface area (Å²) in [6.45, 7) is 0. The number of carbonyl (C=O) groups is 1. The molecule has 122 valence electrons. The first-order valence-electron chi connectivity index (χ1n) is 6.66. The third kappa shape index (κ3) is 4.72. The van der Waals surface area contributed by atoms with E-state index in [9.17, 15) is 4.79 Å². The Kier molecular flexibility index (Phi) is 6.18. The number of amides is 1. The monoisotopic (exact) mass is 406 g/mol. The molecule has 1 heterocycles. The van der Waals surface area contributed by atoms with Gasteiger partial charge in [-0.1, -0.05) is 27.5 Å². The van der Waals surface area contributed by atoms with Crippen LogP contribution in [-0.2, 0) is 4.79 Å². The van der Waals surface area contributed by atoms with Gasteiger partial charge in [0.05, 0.1) is 12.1 Å². The highest BCUT2D eigenvalue weighted by molar-refractivity contribution is 9.10. The fraction of sp³-hybridized carbons (Fsp3) is 0.0625. The number of pyridine rings is 1. The molecule has 6 nitrogen and oxygen atoms in total. The Morgan fingerprint density at radius 1 is 1.42 bits per heavy atom. The summed E-state index contributed by atoms with van der Waals surface area (Å²) in [6.07, 6.45) is 2.88. The number of halogens is 2. The number of rotatable bonds is 5. The number of aromatic nitrogens is 1. The first-order valence-corrected chi connectivity index (χ1v) is 7.84. The predicted molar refractivity (Wildman–Crippen MR) is 95.9 cm³/mol. The van der Waals surface area contributed by atoms with Crippen molar-refractivity contribution in [2.75, 3.05) is 17.7 Å². The zero-order chi connectivity index (χ0) is 17.5. The van der Waals surface area contributed by atoms with Crippen LogP contribution in [0.2, 0.25) is 5.02 Å². The van der Waals surface area contributed by atoms with Crippen molar-refractivity contribution in [1.29, 1.82) is 5.26 Å². The van der Waals surface area contributed by atoms with Gasteiger partial charge in [0.15, 0.2) is 0 Å². The lowest BCUT2D eigenvalue weighted by Crippen LogP contribution is -2.14. The van der Waals surface area contributed by atoms with Gasteiger partial charge in [0, 0.05) is 22.6 Å². The van der Waals surface area contributed by atoms with Crippen LogP contribution in [0.3, 0.4) is 0 Å². The van der Waals surface area contributed by atoms with E-state index in [1.807, 2.05) is 6.07 Å². The lowest BCUT2D eigenvalue weighted by molar-refractivity contribution is -0.112. The highest BCUT2D eigenvalue weighted by atomic mass is 79.9. The Labute approximate surface area is 152 Å². The topological polar surface area (TPSA) is 87.0 Å². The molecule has 2 N–H and O–H groups in total. The standard InChI is InChI=1S/C16H12BrClN4O2/c1-24-14-3-2-12(7-13(14)18)22-16(23)10(8-19)9-21-15-6-11(17)4-5-20-15/h2-7,9H,1H3,(H,20,21)(H,22,23)/b10-9-. The van der Waals surface area contributed by atoms with Crippen LogP contribution < -0.4 is 15.4 Å². The fourth-order valence-electron chi connectivity index (χ4n) is 1.72. The number of nitrogens with zero attached hydrogens (tertiary/aromatic N) is 2. The Hall–Kier alpha value is -2.56. The molecule has 2 rings (SSSR count). The molecule has 0 aliphatic heterocycles. The summed E-state index contributed by atoms with van der Waals surface area (Å²) in [5, 5.41) is 14.9. The second-order valence-corrected chi connectivity index (χ2v) is 5.80. The van der Waals surface area contributed by atoms with E-state index >= 15 is 0 Å².